The Morgan fingerprint density at radius 2 is 2.06 bits per heavy atom. The van der Waals surface area contributed by atoms with E-state index in [9.17, 15) is 9.59 Å². The number of nitrogens with zero attached hydrogens (tertiary/aromatic N) is 1. The maximum Gasteiger partial charge on any atom is 0.309 e. The number of carboxylic acid groups (broad SMARTS) is 1. The van der Waals surface area contributed by atoms with Crippen LogP contribution in [0.1, 0.15) is 36.5 Å². The zero-order valence-corrected chi connectivity index (χ0v) is 10.9. The number of carbonyl (C=O) groups is 2. The highest BCUT2D eigenvalue weighted by atomic mass is 16.4. The molecule has 1 rings (SSSR count). The molecule has 1 amide bonds. The fraction of sp³-hybridized carbons (Fsp3) is 0.462. The molecule has 0 radical (unpaired) electrons. The van der Waals surface area contributed by atoms with E-state index in [2.05, 4.69) is 10.3 Å². The molecule has 5 nitrogen and oxygen atoms in total. The summed E-state index contributed by atoms with van der Waals surface area (Å²) >= 11 is 0. The van der Waals surface area contributed by atoms with Gasteiger partial charge in [0.2, 0.25) is 0 Å². The Balaban J connectivity index is 2.50. The number of hydrogen-bond acceptors (Lipinski definition) is 3. The van der Waals surface area contributed by atoms with Crippen molar-refractivity contribution < 1.29 is 14.7 Å². The third-order valence-corrected chi connectivity index (χ3v) is 2.74. The molecule has 1 heterocycles. The summed E-state index contributed by atoms with van der Waals surface area (Å²) in [6.45, 7) is 5.39. The maximum absolute atomic E-state index is 11.7. The maximum atomic E-state index is 11.7. The molecule has 0 saturated heterocycles. The average Bonchev–Trinajstić information content (AvgIpc) is 2.28. The van der Waals surface area contributed by atoms with Crippen molar-refractivity contribution in [3.63, 3.8) is 0 Å². The summed E-state index contributed by atoms with van der Waals surface area (Å²) < 4.78 is 0. The summed E-state index contributed by atoms with van der Waals surface area (Å²) in [7, 11) is 0. The van der Waals surface area contributed by atoms with Crippen LogP contribution in [0.15, 0.2) is 18.2 Å². The van der Waals surface area contributed by atoms with E-state index in [-0.39, 0.29) is 5.91 Å². The normalized spacial score (nSPS) is 11.1. The van der Waals surface area contributed by atoms with E-state index in [1.54, 1.807) is 26.0 Å². The quantitative estimate of drug-likeness (QED) is 0.832. The first-order valence-electron chi connectivity index (χ1n) is 5.78. The van der Waals surface area contributed by atoms with Crippen molar-refractivity contribution >= 4 is 11.9 Å². The molecular formula is C13H18N2O3. The van der Waals surface area contributed by atoms with Gasteiger partial charge in [0, 0.05) is 12.2 Å². The summed E-state index contributed by atoms with van der Waals surface area (Å²) in [6, 6.07) is 5.20. The predicted octanol–water partition coefficient (Wildman–Crippen LogP) is 1.62. The Hall–Kier alpha value is -1.91. The van der Waals surface area contributed by atoms with Crippen LogP contribution in [0, 0.1) is 12.3 Å². The van der Waals surface area contributed by atoms with Crippen molar-refractivity contribution in [2.24, 2.45) is 5.41 Å². The van der Waals surface area contributed by atoms with Gasteiger partial charge in [0.15, 0.2) is 0 Å². The first-order valence-corrected chi connectivity index (χ1v) is 5.78. The largest absolute Gasteiger partial charge is 0.481 e. The van der Waals surface area contributed by atoms with E-state index in [4.69, 9.17) is 5.11 Å². The van der Waals surface area contributed by atoms with Crippen LogP contribution in [0.5, 0.6) is 0 Å². The fourth-order valence-corrected chi connectivity index (χ4v) is 1.36. The van der Waals surface area contributed by atoms with Crippen molar-refractivity contribution in [2.75, 3.05) is 6.54 Å². The molecule has 0 aliphatic heterocycles. The smallest absolute Gasteiger partial charge is 0.309 e. The van der Waals surface area contributed by atoms with Crippen LogP contribution < -0.4 is 5.32 Å². The number of aryl methyl sites for hydroxylation is 1. The standard InChI is InChI=1S/C13H18N2O3/c1-9-5-4-6-10(15-9)11(16)14-8-7-13(2,3)12(17)18/h4-6H,7-8H2,1-3H3,(H,14,16)(H,17,18). The third-order valence-electron chi connectivity index (χ3n) is 2.74. The van der Waals surface area contributed by atoms with E-state index < -0.39 is 11.4 Å². The summed E-state index contributed by atoms with van der Waals surface area (Å²) in [5, 5.41) is 11.6. The molecule has 1 aromatic rings. The number of amides is 1. The number of nitrogens with one attached hydrogen (secondary N) is 1. The lowest BCUT2D eigenvalue weighted by atomic mass is 9.90. The van der Waals surface area contributed by atoms with Gasteiger partial charge >= 0.3 is 5.97 Å². The minimum atomic E-state index is -0.870. The molecule has 1 aromatic heterocycles. The summed E-state index contributed by atoms with van der Waals surface area (Å²) in [4.78, 5) is 26.7. The van der Waals surface area contributed by atoms with E-state index in [0.29, 0.717) is 18.7 Å². The summed E-state index contributed by atoms with van der Waals surface area (Å²) in [5.74, 6) is -1.15. The van der Waals surface area contributed by atoms with Gasteiger partial charge in [-0.3, -0.25) is 9.59 Å². The van der Waals surface area contributed by atoms with Crippen molar-refractivity contribution in [3.8, 4) is 0 Å². The van der Waals surface area contributed by atoms with Crippen LogP contribution in [0.3, 0.4) is 0 Å². The lowest BCUT2D eigenvalue weighted by Gasteiger charge is -2.18. The first-order chi connectivity index (χ1) is 8.33. The van der Waals surface area contributed by atoms with Crippen LogP contribution in [-0.4, -0.2) is 28.5 Å². The van der Waals surface area contributed by atoms with Crippen LogP contribution in [0.25, 0.3) is 0 Å². The second kappa shape index (κ2) is 5.62. The van der Waals surface area contributed by atoms with Crippen molar-refractivity contribution in [1.29, 1.82) is 0 Å². The summed E-state index contributed by atoms with van der Waals surface area (Å²) in [6.07, 6.45) is 0.375. The van der Waals surface area contributed by atoms with E-state index in [1.807, 2.05) is 13.0 Å². The number of carbonyl (C=O) groups excluding carboxylic acids is 1. The van der Waals surface area contributed by atoms with Gasteiger partial charge in [0.05, 0.1) is 5.41 Å². The van der Waals surface area contributed by atoms with Crippen LogP contribution in [0.4, 0.5) is 0 Å². The third kappa shape index (κ3) is 3.84. The zero-order valence-electron chi connectivity index (χ0n) is 10.9. The lowest BCUT2D eigenvalue weighted by Crippen LogP contribution is -2.32. The molecule has 5 heteroatoms. The second-order valence-electron chi connectivity index (χ2n) is 4.86. The minimum Gasteiger partial charge on any atom is -0.481 e. The van der Waals surface area contributed by atoms with E-state index in [1.165, 1.54) is 0 Å². The molecule has 18 heavy (non-hydrogen) atoms. The first kappa shape index (κ1) is 14.2. The van der Waals surface area contributed by atoms with Gasteiger partial charge in [-0.05, 0) is 39.3 Å². The number of carboxylic acids is 1. The molecular weight excluding hydrogens is 232 g/mol. The van der Waals surface area contributed by atoms with Gasteiger partial charge in [-0.25, -0.2) is 4.98 Å². The molecule has 0 aromatic carbocycles. The molecule has 98 valence electrons. The van der Waals surface area contributed by atoms with Gasteiger partial charge < -0.3 is 10.4 Å². The zero-order chi connectivity index (χ0) is 13.8. The number of pyridine rings is 1. The van der Waals surface area contributed by atoms with Gasteiger partial charge in [-0.1, -0.05) is 6.07 Å². The SMILES string of the molecule is Cc1cccc(C(=O)NCCC(C)(C)C(=O)O)n1. The summed E-state index contributed by atoms with van der Waals surface area (Å²) in [5.41, 5.74) is 0.282. The fourth-order valence-electron chi connectivity index (χ4n) is 1.36. The van der Waals surface area contributed by atoms with Crippen molar-refractivity contribution in [1.82, 2.24) is 10.3 Å². The Kier molecular flexibility index (Phi) is 4.42. The molecule has 2 N–H and O–H groups in total. The number of aromatic nitrogens is 1. The molecule has 0 atom stereocenters. The molecule has 0 spiro atoms. The van der Waals surface area contributed by atoms with Crippen molar-refractivity contribution in [3.05, 3.63) is 29.6 Å². The van der Waals surface area contributed by atoms with Crippen molar-refractivity contribution in [2.45, 2.75) is 27.2 Å². The Labute approximate surface area is 106 Å². The molecule has 0 unspecified atom stereocenters. The van der Waals surface area contributed by atoms with Gasteiger partial charge in [-0.15, -0.1) is 0 Å². The highest BCUT2D eigenvalue weighted by Gasteiger charge is 2.26. The highest BCUT2D eigenvalue weighted by Crippen LogP contribution is 2.19. The number of aliphatic carboxylic acids is 1. The average molecular weight is 250 g/mol. The monoisotopic (exact) mass is 250 g/mol. The molecule has 0 fully saturated rings. The van der Waals surface area contributed by atoms with E-state index in [0.717, 1.165) is 5.69 Å². The Morgan fingerprint density at radius 1 is 1.39 bits per heavy atom. The van der Waals surface area contributed by atoms with Gasteiger partial charge in [-0.2, -0.15) is 0 Å². The Morgan fingerprint density at radius 3 is 2.61 bits per heavy atom. The topological polar surface area (TPSA) is 79.3 Å². The molecule has 0 bridgehead atoms. The molecule has 0 aliphatic rings. The highest BCUT2D eigenvalue weighted by molar-refractivity contribution is 5.92. The van der Waals surface area contributed by atoms with Crippen LogP contribution >= 0.6 is 0 Å². The molecule has 0 aliphatic carbocycles. The molecule has 0 saturated carbocycles. The lowest BCUT2D eigenvalue weighted by molar-refractivity contribution is -0.147. The van der Waals surface area contributed by atoms with Gasteiger partial charge in [0.1, 0.15) is 5.69 Å². The second-order valence-corrected chi connectivity index (χ2v) is 4.86. The Bertz CT molecular complexity index is 455. The van der Waals surface area contributed by atoms with Crippen LogP contribution in [0.2, 0.25) is 0 Å². The van der Waals surface area contributed by atoms with Crippen LogP contribution in [-0.2, 0) is 4.79 Å². The predicted molar refractivity (Wildman–Crippen MR) is 67.3 cm³/mol. The number of hydrogen-bond donors (Lipinski definition) is 2. The minimum absolute atomic E-state index is 0.278. The van der Waals surface area contributed by atoms with Gasteiger partial charge in [0.25, 0.3) is 5.91 Å². The number of rotatable bonds is 5. The van der Waals surface area contributed by atoms with E-state index >= 15 is 0 Å².